The predicted molar refractivity (Wildman–Crippen MR) is 88.2 cm³/mol. The summed E-state index contributed by atoms with van der Waals surface area (Å²) >= 11 is 0. The van der Waals surface area contributed by atoms with E-state index in [-0.39, 0.29) is 5.54 Å². The second-order valence-electron chi connectivity index (χ2n) is 8.03. The Kier molecular flexibility index (Phi) is 6.35. The van der Waals surface area contributed by atoms with Gasteiger partial charge in [-0.05, 0) is 78.4 Å². The minimum atomic E-state index is 0.283. The minimum absolute atomic E-state index is 0.283. The fourth-order valence-electron chi connectivity index (χ4n) is 4.04. The zero-order valence-electron chi connectivity index (χ0n) is 14.1. The maximum Gasteiger partial charge on any atom is 0.0124 e. The fourth-order valence-corrected chi connectivity index (χ4v) is 4.04. The molecule has 0 spiro atoms. The molecule has 2 fully saturated rings. The van der Waals surface area contributed by atoms with Crippen molar-refractivity contribution in [3.05, 3.63) is 0 Å². The molecule has 1 saturated heterocycles. The van der Waals surface area contributed by atoms with Crippen molar-refractivity contribution in [1.29, 1.82) is 0 Å². The Morgan fingerprint density at radius 3 is 2.50 bits per heavy atom. The Morgan fingerprint density at radius 1 is 0.950 bits per heavy atom. The van der Waals surface area contributed by atoms with Crippen molar-refractivity contribution >= 4 is 0 Å². The quantitative estimate of drug-likeness (QED) is 0.703. The van der Waals surface area contributed by atoms with Gasteiger partial charge >= 0.3 is 0 Å². The maximum atomic E-state index is 3.58. The van der Waals surface area contributed by atoms with Crippen LogP contribution >= 0.6 is 0 Å². The van der Waals surface area contributed by atoms with E-state index in [1.54, 1.807) is 0 Å². The van der Waals surface area contributed by atoms with Crippen LogP contribution in [0.25, 0.3) is 0 Å². The first-order valence-corrected chi connectivity index (χ1v) is 9.05. The third kappa shape index (κ3) is 5.37. The van der Waals surface area contributed by atoms with E-state index in [0.717, 1.165) is 12.0 Å². The molecule has 0 aromatic carbocycles. The SMILES string of the molecule is CC(C)(C)NCCCCCCN1CCC2CCCCC21. The Balaban J connectivity index is 1.49. The van der Waals surface area contributed by atoms with Crippen LogP contribution in [0.15, 0.2) is 0 Å². The van der Waals surface area contributed by atoms with Crippen molar-refractivity contribution in [2.75, 3.05) is 19.6 Å². The Morgan fingerprint density at radius 2 is 1.70 bits per heavy atom. The summed E-state index contributed by atoms with van der Waals surface area (Å²) in [5.41, 5.74) is 0.283. The Bertz CT molecular complexity index is 269. The summed E-state index contributed by atoms with van der Waals surface area (Å²) in [5.74, 6) is 1.06. The fraction of sp³-hybridized carbons (Fsp3) is 1.00. The second-order valence-corrected chi connectivity index (χ2v) is 8.03. The smallest absolute Gasteiger partial charge is 0.0124 e. The topological polar surface area (TPSA) is 15.3 Å². The third-order valence-electron chi connectivity index (χ3n) is 5.15. The van der Waals surface area contributed by atoms with E-state index < -0.39 is 0 Å². The maximum absolute atomic E-state index is 3.58. The average molecular weight is 280 g/mol. The Labute approximate surface area is 126 Å². The highest BCUT2D eigenvalue weighted by atomic mass is 15.2. The molecule has 118 valence electrons. The van der Waals surface area contributed by atoms with E-state index in [2.05, 4.69) is 31.0 Å². The summed E-state index contributed by atoms with van der Waals surface area (Å²) in [6, 6.07) is 0.964. The van der Waals surface area contributed by atoms with E-state index in [9.17, 15) is 0 Å². The molecule has 20 heavy (non-hydrogen) atoms. The van der Waals surface area contributed by atoms with Crippen LogP contribution in [-0.2, 0) is 0 Å². The number of unbranched alkanes of at least 4 members (excludes halogenated alkanes) is 3. The highest BCUT2D eigenvalue weighted by molar-refractivity contribution is 4.89. The second kappa shape index (κ2) is 7.79. The van der Waals surface area contributed by atoms with Crippen LogP contribution in [0.1, 0.15) is 78.6 Å². The number of fused-ring (bicyclic) bond motifs is 1. The van der Waals surface area contributed by atoms with Crippen molar-refractivity contribution < 1.29 is 0 Å². The molecule has 1 saturated carbocycles. The number of hydrogen-bond acceptors (Lipinski definition) is 2. The largest absolute Gasteiger partial charge is 0.312 e. The summed E-state index contributed by atoms with van der Waals surface area (Å²) < 4.78 is 0. The van der Waals surface area contributed by atoms with Gasteiger partial charge in [-0.3, -0.25) is 0 Å². The van der Waals surface area contributed by atoms with Gasteiger partial charge in [-0.15, -0.1) is 0 Å². The van der Waals surface area contributed by atoms with Crippen molar-refractivity contribution in [3.63, 3.8) is 0 Å². The van der Waals surface area contributed by atoms with Crippen molar-refractivity contribution in [2.24, 2.45) is 5.92 Å². The van der Waals surface area contributed by atoms with Crippen LogP contribution < -0.4 is 5.32 Å². The number of likely N-dealkylation sites (tertiary alicyclic amines) is 1. The number of hydrogen-bond donors (Lipinski definition) is 1. The summed E-state index contributed by atoms with van der Waals surface area (Å²) in [6.45, 7) is 10.7. The van der Waals surface area contributed by atoms with E-state index >= 15 is 0 Å². The van der Waals surface area contributed by atoms with Gasteiger partial charge in [0.25, 0.3) is 0 Å². The molecule has 1 aliphatic heterocycles. The molecule has 1 heterocycles. The van der Waals surface area contributed by atoms with Crippen LogP contribution in [0.5, 0.6) is 0 Å². The molecule has 0 radical (unpaired) electrons. The number of nitrogens with one attached hydrogen (secondary N) is 1. The van der Waals surface area contributed by atoms with Gasteiger partial charge in [0.15, 0.2) is 0 Å². The zero-order chi connectivity index (χ0) is 14.4. The van der Waals surface area contributed by atoms with Crippen LogP contribution in [0.2, 0.25) is 0 Å². The van der Waals surface area contributed by atoms with Crippen LogP contribution in [0, 0.1) is 5.92 Å². The summed E-state index contributed by atoms with van der Waals surface area (Å²) in [4.78, 5) is 2.82. The first-order valence-electron chi connectivity index (χ1n) is 9.05. The lowest BCUT2D eigenvalue weighted by atomic mass is 9.85. The molecule has 2 heteroatoms. The molecule has 0 bridgehead atoms. The summed E-state index contributed by atoms with van der Waals surface area (Å²) in [5, 5.41) is 3.58. The van der Waals surface area contributed by atoms with E-state index in [1.165, 1.54) is 77.4 Å². The average Bonchev–Trinajstić information content (AvgIpc) is 2.80. The van der Waals surface area contributed by atoms with Gasteiger partial charge in [0.1, 0.15) is 0 Å². The van der Waals surface area contributed by atoms with Crippen molar-refractivity contribution in [3.8, 4) is 0 Å². The number of rotatable bonds is 7. The molecule has 1 aliphatic carbocycles. The van der Waals surface area contributed by atoms with Crippen LogP contribution in [0.3, 0.4) is 0 Å². The third-order valence-corrected chi connectivity index (χ3v) is 5.15. The standard InChI is InChI=1S/C18H36N2/c1-18(2,3)19-13-8-4-5-9-14-20-15-12-16-10-6-7-11-17(16)20/h16-17,19H,4-15H2,1-3H3. The molecule has 1 N–H and O–H groups in total. The monoisotopic (exact) mass is 280 g/mol. The first kappa shape index (κ1) is 16.3. The Hall–Kier alpha value is -0.0800. The highest BCUT2D eigenvalue weighted by Crippen LogP contribution is 2.36. The van der Waals surface area contributed by atoms with E-state index in [4.69, 9.17) is 0 Å². The molecular formula is C18H36N2. The molecule has 2 atom stereocenters. The van der Waals surface area contributed by atoms with Crippen molar-refractivity contribution in [2.45, 2.75) is 90.1 Å². The van der Waals surface area contributed by atoms with Crippen LogP contribution in [-0.4, -0.2) is 36.1 Å². The van der Waals surface area contributed by atoms with Gasteiger partial charge in [0.05, 0.1) is 0 Å². The molecule has 0 amide bonds. The molecule has 0 aromatic rings. The van der Waals surface area contributed by atoms with E-state index in [0.29, 0.717) is 0 Å². The van der Waals surface area contributed by atoms with Gasteiger partial charge in [-0.1, -0.05) is 25.7 Å². The molecular weight excluding hydrogens is 244 g/mol. The molecule has 2 unspecified atom stereocenters. The van der Waals surface area contributed by atoms with Crippen LogP contribution in [0.4, 0.5) is 0 Å². The van der Waals surface area contributed by atoms with E-state index in [1.807, 2.05) is 0 Å². The molecule has 2 aliphatic rings. The lowest BCUT2D eigenvalue weighted by molar-refractivity contribution is 0.179. The van der Waals surface area contributed by atoms with Gasteiger partial charge in [-0.25, -0.2) is 0 Å². The number of nitrogens with zero attached hydrogens (tertiary/aromatic N) is 1. The summed E-state index contributed by atoms with van der Waals surface area (Å²) in [7, 11) is 0. The van der Waals surface area contributed by atoms with Gasteiger partial charge in [-0.2, -0.15) is 0 Å². The van der Waals surface area contributed by atoms with Gasteiger partial charge < -0.3 is 10.2 Å². The lowest BCUT2D eigenvalue weighted by Crippen LogP contribution is -2.36. The summed E-state index contributed by atoms with van der Waals surface area (Å²) in [6.07, 6.45) is 13.0. The van der Waals surface area contributed by atoms with Gasteiger partial charge in [0, 0.05) is 11.6 Å². The molecule has 0 aromatic heterocycles. The normalized spacial score (nSPS) is 27.8. The lowest BCUT2D eigenvalue weighted by Gasteiger charge is -2.31. The molecule has 2 nitrogen and oxygen atoms in total. The van der Waals surface area contributed by atoms with Gasteiger partial charge in [0.2, 0.25) is 0 Å². The van der Waals surface area contributed by atoms with Crippen molar-refractivity contribution in [1.82, 2.24) is 10.2 Å². The minimum Gasteiger partial charge on any atom is -0.312 e. The molecule has 2 rings (SSSR count). The zero-order valence-corrected chi connectivity index (χ0v) is 14.1. The first-order chi connectivity index (χ1) is 9.56. The highest BCUT2D eigenvalue weighted by Gasteiger charge is 2.34. The predicted octanol–water partition coefficient (Wildman–Crippen LogP) is 4.20.